The van der Waals surface area contributed by atoms with E-state index < -0.39 is 0 Å². The van der Waals surface area contributed by atoms with Crippen molar-refractivity contribution in [3.8, 4) is 23.8 Å². The van der Waals surface area contributed by atoms with Gasteiger partial charge in [0, 0.05) is 0 Å². The van der Waals surface area contributed by atoms with Crippen molar-refractivity contribution in [2.75, 3.05) is 13.7 Å². The quantitative estimate of drug-likeness (QED) is 0.192. The summed E-state index contributed by atoms with van der Waals surface area (Å²) in [5.74, 6) is 3.88. The molecule has 0 unspecified atom stereocenters. The van der Waals surface area contributed by atoms with Crippen LogP contribution in [0.25, 0.3) is 6.08 Å². The maximum absolute atomic E-state index is 13.4. The van der Waals surface area contributed by atoms with E-state index in [1.807, 2.05) is 78.9 Å². The second-order valence-corrected chi connectivity index (χ2v) is 9.43. The van der Waals surface area contributed by atoms with E-state index in [4.69, 9.17) is 20.9 Å². The zero-order valence-corrected chi connectivity index (χ0v) is 21.4. The number of carbonyl (C=O) groups excluding carboxylic acids is 1. The van der Waals surface area contributed by atoms with Crippen LogP contribution in [0.2, 0.25) is 0 Å². The molecule has 7 heteroatoms. The molecule has 3 aromatic rings. The first-order chi connectivity index (χ1) is 16.6. The molecular formula is C27H21IN2O3S. The molecular weight excluding hydrogens is 559 g/mol. The fourth-order valence-corrected chi connectivity index (χ4v) is 4.94. The molecule has 1 fully saturated rings. The van der Waals surface area contributed by atoms with Crippen LogP contribution in [0, 0.1) is 15.9 Å². The number of benzene rings is 3. The number of aliphatic imine (C=N–C) groups is 1. The summed E-state index contributed by atoms with van der Waals surface area (Å²) in [6, 6.07) is 23.1. The van der Waals surface area contributed by atoms with Gasteiger partial charge in [0.15, 0.2) is 5.17 Å². The van der Waals surface area contributed by atoms with Crippen LogP contribution in [-0.2, 0) is 11.3 Å². The molecule has 0 N–H and O–H groups in total. The largest absolute Gasteiger partial charge is 0.497 e. The Morgan fingerprint density at radius 3 is 2.56 bits per heavy atom. The molecule has 0 bridgehead atoms. The highest BCUT2D eigenvalue weighted by Gasteiger charge is 2.33. The van der Waals surface area contributed by atoms with Gasteiger partial charge < -0.3 is 9.47 Å². The average Bonchev–Trinajstić information content (AvgIpc) is 3.13. The van der Waals surface area contributed by atoms with Gasteiger partial charge in [-0.15, -0.1) is 6.42 Å². The Morgan fingerprint density at radius 1 is 1.12 bits per heavy atom. The number of hydrogen-bond acceptors (Lipinski definition) is 5. The molecule has 1 amide bonds. The number of thioether (sulfide) groups is 1. The first kappa shape index (κ1) is 23.9. The number of para-hydroxylation sites is 1. The van der Waals surface area contributed by atoms with Crippen LogP contribution in [0.3, 0.4) is 0 Å². The normalized spacial score (nSPS) is 15.6. The number of nitrogens with zero attached hydrogens (tertiary/aromatic N) is 2. The molecule has 1 saturated heterocycles. The molecule has 1 heterocycles. The van der Waals surface area contributed by atoms with E-state index in [9.17, 15) is 4.79 Å². The van der Waals surface area contributed by atoms with Gasteiger partial charge in [-0.05, 0) is 88.0 Å². The monoisotopic (exact) mass is 580 g/mol. The van der Waals surface area contributed by atoms with Crippen LogP contribution in [0.5, 0.6) is 11.5 Å². The lowest BCUT2D eigenvalue weighted by Crippen LogP contribution is -2.28. The van der Waals surface area contributed by atoms with Crippen molar-refractivity contribution in [2.24, 2.45) is 4.99 Å². The predicted octanol–water partition coefficient (Wildman–Crippen LogP) is 6.12. The molecule has 1 aliphatic heterocycles. The number of halogens is 1. The summed E-state index contributed by atoms with van der Waals surface area (Å²) in [7, 11) is 1.63. The molecule has 34 heavy (non-hydrogen) atoms. The highest BCUT2D eigenvalue weighted by molar-refractivity contribution is 14.1. The summed E-state index contributed by atoms with van der Waals surface area (Å²) in [6.45, 7) is 0.625. The van der Waals surface area contributed by atoms with Gasteiger partial charge in [0.25, 0.3) is 5.91 Å². The van der Waals surface area contributed by atoms with Gasteiger partial charge in [-0.25, -0.2) is 4.99 Å². The molecule has 0 atom stereocenters. The minimum atomic E-state index is -0.0850. The molecule has 0 radical (unpaired) electrons. The predicted molar refractivity (Wildman–Crippen MR) is 146 cm³/mol. The molecule has 0 aliphatic carbocycles. The molecule has 5 nitrogen and oxygen atoms in total. The number of rotatable bonds is 7. The topological polar surface area (TPSA) is 51.1 Å². The van der Waals surface area contributed by atoms with E-state index in [-0.39, 0.29) is 12.5 Å². The third kappa shape index (κ3) is 5.82. The average molecular weight is 580 g/mol. The lowest BCUT2D eigenvalue weighted by molar-refractivity contribution is -0.122. The Balaban J connectivity index is 1.64. The fraction of sp³-hybridized carbons (Fsp3) is 0.111. The number of ether oxygens (including phenoxy) is 2. The van der Waals surface area contributed by atoms with E-state index >= 15 is 0 Å². The van der Waals surface area contributed by atoms with Crippen molar-refractivity contribution in [2.45, 2.75) is 6.54 Å². The number of terminal acetylenes is 1. The number of hydrogen-bond donors (Lipinski definition) is 0. The van der Waals surface area contributed by atoms with Crippen molar-refractivity contribution in [3.05, 3.63) is 92.4 Å². The van der Waals surface area contributed by atoms with Crippen LogP contribution >= 0.6 is 34.4 Å². The zero-order valence-electron chi connectivity index (χ0n) is 18.4. The minimum Gasteiger partial charge on any atom is -0.497 e. The second-order valence-electron chi connectivity index (χ2n) is 7.26. The maximum atomic E-state index is 13.4. The van der Waals surface area contributed by atoms with Crippen LogP contribution in [0.15, 0.2) is 82.7 Å². The lowest BCUT2D eigenvalue weighted by atomic mass is 10.2. The van der Waals surface area contributed by atoms with Crippen LogP contribution in [-0.4, -0.2) is 29.7 Å². The van der Waals surface area contributed by atoms with Crippen molar-refractivity contribution in [1.82, 2.24) is 4.90 Å². The first-order valence-corrected chi connectivity index (χ1v) is 12.3. The Bertz CT molecular complexity index is 1280. The van der Waals surface area contributed by atoms with Gasteiger partial charge in [0.1, 0.15) is 18.1 Å². The van der Waals surface area contributed by atoms with Crippen LogP contribution in [0.4, 0.5) is 5.69 Å². The smallest absolute Gasteiger partial charge is 0.267 e. The maximum Gasteiger partial charge on any atom is 0.267 e. The van der Waals surface area contributed by atoms with E-state index in [1.54, 1.807) is 12.0 Å². The van der Waals surface area contributed by atoms with Crippen molar-refractivity contribution in [1.29, 1.82) is 0 Å². The molecule has 170 valence electrons. The highest BCUT2D eigenvalue weighted by atomic mass is 127. The van der Waals surface area contributed by atoms with Crippen LogP contribution < -0.4 is 9.47 Å². The summed E-state index contributed by atoms with van der Waals surface area (Å²) in [4.78, 5) is 20.5. The number of carbonyl (C=O) groups is 1. The molecule has 1 aliphatic rings. The van der Waals surface area contributed by atoms with Gasteiger partial charge in [-0.1, -0.05) is 42.3 Å². The third-order valence-corrected chi connectivity index (χ3v) is 6.78. The van der Waals surface area contributed by atoms with Gasteiger partial charge in [0.2, 0.25) is 0 Å². The molecule has 4 rings (SSSR count). The molecule has 0 spiro atoms. The molecule has 3 aromatic carbocycles. The Kier molecular flexibility index (Phi) is 7.93. The molecule has 0 saturated carbocycles. The standard InChI is InChI=1S/C27H21IN2O3S/c1-3-15-33-24-14-11-20(16-23(24)28)17-25-26(31)30(18-19-9-12-22(32-2)13-10-19)27(34-25)29-21-7-5-4-6-8-21/h1,4-14,16-17H,15,18H2,2H3/b25-17-,29-27?. The van der Waals surface area contributed by atoms with E-state index in [0.717, 1.165) is 31.9 Å². The minimum absolute atomic E-state index is 0.0850. The fourth-order valence-electron chi connectivity index (χ4n) is 3.25. The van der Waals surface area contributed by atoms with Crippen LogP contribution in [0.1, 0.15) is 11.1 Å². The Morgan fingerprint density at radius 2 is 1.88 bits per heavy atom. The first-order valence-electron chi connectivity index (χ1n) is 10.4. The summed E-state index contributed by atoms with van der Waals surface area (Å²) < 4.78 is 11.7. The Hall–Kier alpha value is -3.22. The second kappa shape index (κ2) is 11.3. The summed E-state index contributed by atoms with van der Waals surface area (Å²) >= 11 is 3.57. The van der Waals surface area contributed by atoms with Crippen molar-refractivity contribution in [3.63, 3.8) is 0 Å². The van der Waals surface area contributed by atoms with Crippen molar-refractivity contribution < 1.29 is 14.3 Å². The van der Waals surface area contributed by atoms with Gasteiger partial charge >= 0.3 is 0 Å². The lowest BCUT2D eigenvalue weighted by Gasteiger charge is -2.16. The summed E-state index contributed by atoms with van der Waals surface area (Å²) in [5.41, 5.74) is 2.68. The third-order valence-electron chi connectivity index (χ3n) is 4.93. The number of amidine groups is 1. The van der Waals surface area contributed by atoms with E-state index in [0.29, 0.717) is 16.6 Å². The summed E-state index contributed by atoms with van der Waals surface area (Å²) in [6.07, 6.45) is 7.17. The van der Waals surface area contributed by atoms with Gasteiger partial charge in [-0.2, -0.15) is 0 Å². The SMILES string of the molecule is C#CCOc1ccc(/C=C2\SC(=Nc3ccccc3)N(Cc3ccc(OC)cc3)C2=O)cc1I. The van der Waals surface area contributed by atoms with Gasteiger partial charge in [-0.3, -0.25) is 9.69 Å². The highest BCUT2D eigenvalue weighted by Crippen LogP contribution is 2.36. The summed E-state index contributed by atoms with van der Waals surface area (Å²) in [5, 5.41) is 0.641. The molecule has 0 aromatic heterocycles. The zero-order chi connectivity index (χ0) is 23.9. The van der Waals surface area contributed by atoms with Gasteiger partial charge in [0.05, 0.1) is 27.8 Å². The van der Waals surface area contributed by atoms with Crippen molar-refractivity contribution >= 4 is 57.2 Å². The number of amides is 1. The van der Waals surface area contributed by atoms with E-state index in [1.165, 1.54) is 11.8 Å². The number of methoxy groups -OCH3 is 1. The van der Waals surface area contributed by atoms with E-state index in [2.05, 4.69) is 28.5 Å². The Labute approximate surface area is 217 Å².